The minimum Gasteiger partial charge on any atom is -0.486 e. The van der Waals surface area contributed by atoms with Gasteiger partial charge in [0.25, 0.3) is 5.91 Å². The Kier molecular flexibility index (Phi) is 5.81. The summed E-state index contributed by atoms with van der Waals surface area (Å²) in [6.45, 7) is 1.41. The lowest BCUT2D eigenvalue weighted by molar-refractivity contribution is 0.0951. The van der Waals surface area contributed by atoms with E-state index in [0.717, 1.165) is 5.56 Å². The number of carbonyl (C=O) groups excluding carboxylic acids is 1. The summed E-state index contributed by atoms with van der Waals surface area (Å²) in [5.74, 6) is 1.83. The van der Waals surface area contributed by atoms with Crippen LogP contribution in [0.15, 0.2) is 60.8 Å². The third-order valence-electron chi connectivity index (χ3n) is 4.33. The predicted octanol–water partition coefficient (Wildman–Crippen LogP) is 4.27. The van der Waals surface area contributed by atoms with Crippen LogP contribution >= 0.6 is 11.6 Å². The molecule has 1 aliphatic heterocycles. The Morgan fingerprint density at radius 2 is 1.93 bits per heavy atom. The highest BCUT2D eigenvalue weighted by atomic mass is 35.5. The average Bonchev–Trinajstić information content (AvgIpc) is 2.75. The van der Waals surface area contributed by atoms with E-state index in [1.165, 1.54) is 0 Å². The number of carbonyl (C=O) groups is 1. The number of ether oxygens (including phenoxy) is 3. The molecule has 0 spiro atoms. The molecule has 148 valence electrons. The number of para-hydroxylation sites is 1. The van der Waals surface area contributed by atoms with Crippen molar-refractivity contribution in [1.29, 1.82) is 0 Å². The van der Waals surface area contributed by atoms with Crippen LogP contribution in [0.1, 0.15) is 15.9 Å². The van der Waals surface area contributed by atoms with Crippen LogP contribution in [0.3, 0.4) is 0 Å². The molecule has 3 aromatic rings. The van der Waals surface area contributed by atoms with Gasteiger partial charge in [0.15, 0.2) is 11.5 Å². The van der Waals surface area contributed by atoms with Crippen LogP contribution in [-0.2, 0) is 6.42 Å². The van der Waals surface area contributed by atoms with Crippen molar-refractivity contribution in [2.45, 2.75) is 6.42 Å². The van der Waals surface area contributed by atoms with E-state index in [2.05, 4.69) is 10.3 Å². The van der Waals surface area contributed by atoms with E-state index in [1.54, 1.807) is 18.3 Å². The van der Waals surface area contributed by atoms with Crippen molar-refractivity contribution in [1.82, 2.24) is 10.3 Å². The molecule has 2 heterocycles. The molecule has 1 amide bonds. The highest BCUT2D eigenvalue weighted by molar-refractivity contribution is 6.32. The quantitative estimate of drug-likeness (QED) is 0.657. The summed E-state index contributed by atoms with van der Waals surface area (Å²) < 4.78 is 16.9. The van der Waals surface area contributed by atoms with Gasteiger partial charge in [0.2, 0.25) is 5.88 Å². The van der Waals surface area contributed by atoms with Gasteiger partial charge in [-0.25, -0.2) is 4.98 Å². The fourth-order valence-electron chi connectivity index (χ4n) is 2.97. The van der Waals surface area contributed by atoms with Crippen LogP contribution in [0.2, 0.25) is 5.02 Å². The maximum Gasteiger partial charge on any atom is 0.256 e. The monoisotopic (exact) mass is 410 g/mol. The van der Waals surface area contributed by atoms with E-state index in [-0.39, 0.29) is 11.8 Å². The van der Waals surface area contributed by atoms with Crippen LogP contribution in [0, 0.1) is 0 Å². The van der Waals surface area contributed by atoms with Crippen molar-refractivity contribution < 1.29 is 19.0 Å². The molecule has 7 heteroatoms. The Labute approximate surface area is 173 Å². The minimum absolute atomic E-state index is 0.257. The first-order valence-corrected chi connectivity index (χ1v) is 9.62. The van der Waals surface area contributed by atoms with Gasteiger partial charge in [-0.05, 0) is 48.4 Å². The highest BCUT2D eigenvalue weighted by Gasteiger charge is 2.17. The molecule has 1 N–H and O–H groups in total. The Morgan fingerprint density at radius 1 is 1.10 bits per heavy atom. The van der Waals surface area contributed by atoms with Gasteiger partial charge < -0.3 is 19.5 Å². The zero-order chi connectivity index (χ0) is 20.1. The zero-order valence-electron chi connectivity index (χ0n) is 15.6. The molecule has 1 aliphatic rings. The van der Waals surface area contributed by atoms with Gasteiger partial charge in [0.1, 0.15) is 24.5 Å². The molecular weight excluding hydrogens is 392 g/mol. The number of nitrogens with one attached hydrogen (secondary N) is 1. The Balaban J connectivity index is 1.40. The predicted molar refractivity (Wildman–Crippen MR) is 109 cm³/mol. The van der Waals surface area contributed by atoms with Gasteiger partial charge >= 0.3 is 0 Å². The Morgan fingerprint density at radius 3 is 2.79 bits per heavy atom. The third kappa shape index (κ3) is 4.60. The average molecular weight is 411 g/mol. The molecule has 0 bridgehead atoms. The molecule has 4 rings (SSSR count). The van der Waals surface area contributed by atoms with Gasteiger partial charge in [-0.1, -0.05) is 29.8 Å². The van der Waals surface area contributed by atoms with Crippen molar-refractivity contribution in [2.24, 2.45) is 0 Å². The minimum atomic E-state index is -0.257. The summed E-state index contributed by atoms with van der Waals surface area (Å²) in [5.41, 5.74) is 1.32. The summed E-state index contributed by atoms with van der Waals surface area (Å²) in [6, 6.07) is 16.3. The molecular formula is C22H19ClN2O4. The van der Waals surface area contributed by atoms with Crippen LogP contribution < -0.4 is 19.5 Å². The number of amides is 1. The molecule has 6 nitrogen and oxygen atoms in total. The standard InChI is InChI=1S/C22H19ClN2O4/c23-18-13-15(14-19-20(18)28-12-11-27-19)8-10-24-21(26)17-7-4-9-25-22(17)29-16-5-2-1-3-6-16/h1-7,9,13-14H,8,10-12H2,(H,24,26). The largest absolute Gasteiger partial charge is 0.486 e. The van der Waals surface area contributed by atoms with Crippen LogP contribution in [-0.4, -0.2) is 30.6 Å². The molecule has 29 heavy (non-hydrogen) atoms. The van der Waals surface area contributed by atoms with Crippen LogP contribution in [0.4, 0.5) is 0 Å². The number of hydrogen-bond donors (Lipinski definition) is 1. The third-order valence-corrected chi connectivity index (χ3v) is 4.61. The topological polar surface area (TPSA) is 69.7 Å². The first kappa shape index (κ1) is 19.1. The maximum atomic E-state index is 12.6. The van der Waals surface area contributed by atoms with Crippen molar-refractivity contribution in [3.8, 4) is 23.1 Å². The summed E-state index contributed by atoms with van der Waals surface area (Å²) in [6.07, 6.45) is 2.18. The molecule has 0 aliphatic carbocycles. The number of aromatic nitrogens is 1. The number of hydrogen-bond acceptors (Lipinski definition) is 5. The number of rotatable bonds is 6. The highest BCUT2D eigenvalue weighted by Crippen LogP contribution is 2.38. The molecule has 0 unspecified atom stereocenters. The van der Waals surface area contributed by atoms with Gasteiger partial charge in [-0.3, -0.25) is 4.79 Å². The number of pyridine rings is 1. The normalized spacial score (nSPS) is 12.3. The lowest BCUT2D eigenvalue weighted by atomic mass is 10.1. The molecule has 0 saturated heterocycles. The zero-order valence-corrected chi connectivity index (χ0v) is 16.3. The Hall–Kier alpha value is -3.25. The second-order valence-corrected chi connectivity index (χ2v) is 6.79. The number of halogens is 1. The van der Waals surface area contributed by atoms with Gasteiger partial charge in [-0.2, -0.15) is 0 Å². The Bertz CT molecular complexity index is 1010. The fourth-order valence-corrected chi connectivity index (χ4v) is 3.26. The molecule has 0 radical (unpaired) electrons. The van der Waals surface area contributed by atoms with E-state index in [4.69, 9.17) is 25.8 Å². The second-order valence-electron chi connectivity index (χ2n) is 6.38. The fraction of sp³-hybridized carbons (Fsp3) is 0.182. The van der Waals surface area contributed by atoms with Crippen LogP contribution in [0.25, 0.3) is 0 Å². The summed E-state index contributed by atoms with van der Waals surface area (Å²) in [5, 5.41) is 3.41. The SMILES string of the molecule is O=C(NCCc1cc(Cl)c2c(c1)OCCO2)c1cccnc1Oc1ccccc1. The summed E-state index contributed by atoms with van der Waals surface area (Å²) in [4.78, 5) is 16.8. The van der Waals surface area contributed by atoms with Crippen molar-refractivity contribution in [3.05, 3.63) is 76.9 Å². The van der Waals surface area contributed by atoms with Gasteiger partial charge in [-0.15, -0.1) is 0 Å². The number of fused-ring (bicyclic) bond motifs is 1. The maximum absolute atomic E-state index is 12.6. The lowest BCUT2D eigenvalue weighted by Crippen LogP contribution is -2.26. The van der Waals surface area contributed by atoms with Crippen molar-refractivity contribution in [3.63, 3.8) is 0 Å². The van der Waals surface area contributed by atoms with Gasteiger partial charge in [0.05, 0.1) is 5.02 Å². The number of nitrogens with zero attached hydrogens (tertiary/aromatic N) is 1. The first-order valence-electron chi connectivity index (χ1n) is 9.25. The van der Waals surface area contributed by atoms with Gasteiger partial charge in [0, 0.05) is 12.7 Å². The van der Waals surface area contributed by atoms with Crippen molar-refractivity contribution >= 4 is 17.5 Å². The van der Waals surface area contributed by atoms with E-state index < -0.39 is 0 Å². The second kappa shape index (κ2) is 8.84. The van der Waals surface area contributed by atoms with E-state index in [1.807, 2.05) is 42.5 Å². The van der Waals surface area contributed by atoms with E-state index in [0.29, 0.717) is 54.0 Å². The summed E-state index contributed by atoms with van der Waals surface area (Å²) in [7, 11) is 0. The number of benzene rings is 2. The molecule has 0 atom stereocenters. The van der Waals surface area contributed by atoms with Crippen LogP contribution in [0.5, 0.6) is 23.1 Å². The lowest BCUT2D eigenvalue weighted by Gasteiger charge is -2.20. The molecule has 0 saturated carbocycles. The molecule has 0 fully saturated rings. The molecule has 2 aromatic carbocycles. The first-order chi connectivity index (χ1) is 14.2. The van der Waals surface area contributed by atoms with E-state index in [9.17, 15) is 4.79 Å². The van der Waals surface area contributed by atoms with E-state index >= 15 is 0 Å². The molecule has 1 aromatic heterocycles. The van der Waals surface area contributed by atoms with Crippen molar-refractivity contribution in [2.75, 3.05) is 19.8 Å². The smallest absolute Gasteiger partial charge is 0.256 e. The summed E-state index contributed by atoms with van der Waals surface area (Å²) >= 11 is 6.27.